The molecule has 1 aliphatic carbocycles. The Hall–Kier alpha value is -1.31. The number of hydrogen-bond acceptors (Lipinski definition) is 2. The summed E-state index contributed by atoms with van der Waals surface area (Å²) in [5.41, 5.74) is 3.17. The van der Waals surface area contributed by atoms with Gasteiger partial charge in [0.05, 0.1) is 0 Å². The monoisotopic (exact) mass is 230 g/mol. The first-order chi connectivity index (χ1) is 8.15. The van der Waals surface area contributed by atoms with Gasteiger partial charge in [-0.05, 0) is 50.7 Å². The molecule has 1 heterocycles. The molecule has 0 unspecified atom stereocenters. The van der Waals surface area contributed by atoms with E-state index in [9.17, 15) is 0 Å². The summed E-state index contributed by atoms with van der Waals surface area (Å²) in [5.74, 6) is 0.891. The van der Waals surface area contributed by atoms with Gasteiger partial charge in [-0.25, -0.2) is 0 Å². The van der Waals surface area contributed by atoms with E-state index in [2.05, 4.69) is 29.9 Å². The van der Waals surface area contributed by atoms with Crippen molar-refractivity contribution in [3.63, 3.8) is 0 Å². The highest BCUT2D eigenvalue weighted by molar-refractivity contribution is 5.60. The summed E-state index contributed by atoms with van der Waals surface area (Å²) in [6.07, 6.45) is 7.09. The van der Waals surface area contributed by atoms with Gasteiger partial charge in [-0.1, -0.05) is 13.5 Å². The molecule has 1 saturated carbocycles. The summed E-state index contributed by atoms with van der Waals surface area (Å²) in [7, 11) is 0. The minimum Gasteiger partial charge on any atom is -0.382 e. The van der Waals surface area contributed by atoms with Crippen molar-refractivity contribution in [1.82, 2.24) is 10.3 Å². The average molecular weight is 230 g/mol. The Balaban J connectivity index is 1.91. The summed E-state index contributed by atoms with van der Waals surface area (Å²) in [6, 6.07) is 4.72. The van der Waals surface area contributed by atoms with Gasteiger partial charge in [-0.15, -0.1) is 0 Å². The average Bonchev–Trinajstić information content (AvgIpc) is 2.33. The van der Waals surface area contributed by atoms with Gasteiger partial charge in [0.2, 0.25) is 0 Å². The van der Waals surface area contributed by atoms with Crippen molar-refractivity contribution in [3.05, 3.63) is 36.2 Å². The van der Waals surface area contributed by atoms with Gasteiger partial charge < -0.3 is 5.32 Å². The third-order valence-electron chi connectivity index (χ3n) is 3.65. The van der Waals surface area contributed by atoms with Gasteiger partial charge in [-0.3, -0.25) is 4.98 Å². The first-order valence-electron chi connectivity index (χ1n) is 6.53. The van der Waals surface area contributed by atoms with Crippen molar-refractivity contribution in [1.29, 1.82) is 0 Å². The Labute approximate surface area is 104 Å². The molecule has 2 nitrogen and oxygen atoms in total. The summed E-state index contributed by atoms with van der Waals surface area (Å²) in [5, 5.41) is 3.54. The number of hydrogen-bond donors (Lipinski definition) is 1. The zero-order valence-electron chi connectivity index (χ0n) is 10.9. The van der Waals surface area contributed by atoms with Gasteiger partial charge in [0, 0.05) is 29.2 Å². The molecular formula is C15H22N2. The van der Waals surface area contributed by atoms with Crippen molar-refractivity contribution < 1.29 is 0 Å². The fraction of sp³-hybridized carbons (Fsp3) is 0.533. The maximum atomic E-state index is 4.30. The smallest absolute Gasteiger partial charge is 0.0373 e. The van der Waals surface area contributed by atoms with Crippen LogP contribution in [0.3, 0.4) is 0 Å². The molecule has 0 spiro atoms. The number of nitrogens with zero attached hydrogens (tertiary/aromatic N) is 1. The first-order valence-corrected chi connectivity index (χ1v) is 6.53. The molecule has 1 aliphatic rings. The highest BCUT2D eigenvalue weighted by Crippen LogP contribution is 2.24. The molecule has 2 rings (SSSR count). The lowest BCUT2D eigenvalue weighted by molar-refractivity contribution is 0.328. The van der Waals surface area contributed by atoms with E-state index in [1.54, 1.807) is 0 Å². The van der Waals surface area contributed by atoms with Crippen molar-refractivity contribution >= 4 is 5.70 Å². The van der Waals surface area contributed by atoms with Crippen molar-refractivity contribution in [2.75, 3.05) is 0 Å². The molecule has 1 fully saturated rings. The highest BCUT2D eigenvalue weighted by atomic mass is 14.9. The van der Waals surface area contributed by atoms with Crippen molar-refractivity contribution in [2.45, 2.75) is 45.6 Å². The molecule has 0 radical (unpaired) electrons. The lowest BCUT2D eigenvalue weighted by Gasteiger charge is -2.28. The zero-order chi connectivity index (χ0) is 12.3. The third kappa shape index (κ3) is 3.32. The van der Waals surface area contributed by atoms with Gasteiger partial charge in [0.25, 0.3) is 0 Å². The van der Waals surface area contributed by atoms with E-state index in [1.165, 1.54) is 25.7 Å². The van der Waals surface area contributed by atoms with Crippen LogP contribution in [0.5, 0.6) is 0 Å². The molecule has 0 aliphatic heterocycles. The standard InChI is InChI=1S/C15H22N2/c1-11-4-8-15(9-5-11)17-13(3)14-7-6-12(2)16-10-14/h6-7,10-11,15,17H,3-5,8-9H2,1-2H3. The molecule has 17 heavy (non-hydrogen) atoms. The molecule has 0 bridgehead atoms. The number of aryl methyl sites for hydroxylation is 1. The van der Waals surface area contributed by atoms with E-state index in [4.69, 9.17) is 0 Å². The van der Waals surface area contributed by atoms with Crippen LogP contribution in [0.4, 0.5) is 0 Å². The normalized spacial score (nSPS) is 24.4. The Kier molecular flexibility index (Phi) is 3.82. The van der Waals surface area contributed by atoms with Gasteiger partial charge in [0.15, 0.2) is 0 Å². The molecule has 92 valence electrons. The largest absolute Gasteiger partial charge is 0.382 e. The van der Waals surface area contributed by atoms with E-state index >= 15 is 0 Å². The number of aromatic nitrogens is 1. The van der Waals surface area contributed by atoms with E-state index in [1.807, 2.05) is 19.2 Å². The molecule has 0 atom stereocenters. The summed E-state index contributed by atoms with van der Waals surface area (Å²) < 4.78 is 0. The fourth-order valence-electron chi connectivity index (χ4n) is 2.38. The topological polar surface area (TPSA) is 24.9 Å². The predicted molar refractivity (Wildman–Crippen MR) is 72.6 cm³/mol. The van der Waals surface area contributed by atoms with E-state index in [0.717, 1.165) is 22.9 Å². The second-order valence-electron chi connectivity index (χ2n) is 5.27. The number of nitrogens with one attached hydrogen (secondary N) is 1. The van der Waals surface area contributed by atoms with Crippen LogP contribution in [-0.4, -0.2) is 11.0 Å². The lowest BCUT2D eigenvalue weighted by Crippen LogP contribution is -2.31. The highest BCUT2D eigenvalue weighted by Gasteiger charge is 2.18. The Morgan fingerprint density at radius 1 is 1.29 bits per heavy atom. The van der Waals surface area contributed by atoms with Gasteiger partial charge in [-0.2, -0.15) is 0 Å². The van der Waals surface area contributed by atoms with Crippen LogP contribution in [0.15, 0.2) is 24.9 Å². The second-order valence-corrected chi connectivity index (χ2v) is 5.27. The van der Waals surface area contributed by atoms with Crippen LogP contribution < -0.4 is 5.32 Å². The van der Waals surface area contributed by atoms with Crippen LogP contribution in [0.1, 0.15) is 43.9 Å². The first kappa shape index (κ1) is 12.2. The number of pyridine rings is 1. The maximum absolute atomic E-state index is 4.30. The quantitative estimate of drug-likeness (QED) is 0.859. The van der Waals surface area contributed by atoms with Gasteiger partial charge >= 0.3 is 0 Å². The third-order valence-corrected chi connectivity index (χ3v) is 3.65. The maximum Gasteiger partial charge on any atom is 0.0373 e. The molecule has 0 saturated heterocycles. The number of rotatable bonds is 3. The molecule has 1 aromatic rings. The minimum atomic E-state index is 0.597. The van der Waals surface area contributed by atoms with Crippen LogP contribution in [-0.2, 0) is 0 Å². The SMILES string of the molecule is C=C(NC1CCC(C)CC1)c1ccc(C)nc1. The summed E-state index contributed by atoms with van der Waals surface area (Å²) in [6.45, 7) is 8.46. The molecule has 1 aromatic heterocycles. The summed E-state index contributed by atoms with van der Waals surface area (Å²) >= 11 is 0. The van der Waals surface area contributed by atoms with Crippen molar-refractivity contribution in [2.24, 2.45) is 5.92 Å². The Morgan fingerprint density at radius 3 is 2.59 bits per heavy atom. The molecule has 1 N–H and O–H groups in total. The van der Waals surface area contributed by atoms with Gasteiger partial charge in [0.1, 0.15) is 0 Å². The van der Waals surface area contributed by atoms with Crippen LogP contribution in [0.25, 0.3) is 5.70 Å². The zero-order valence-corrected chi connectivity index (χ0v) is 10.9. The second kappa shape index (κ2) is 5.35. The van der Waals surface area contributed by atoms with E-state index < -0.39 is 0 Å². The molecule has 0 amide bonds. The molecule has 0 aromatic carbocycles. The fourth-order valence-corrected chi connectivity index (χ4v) is 2.38. The van der Waals surface area contributed by atoms with Crippen LogP contribution in [0.2, 0.25) is 0 Å². The Morgan fingerprint density at radius 2 is 2.00 bits per heavy atom. The summed E-state index contributed by atoms with van der Waals surface area (Å²) in [4.78, 5) is 4.30. The van der Waals surface area contributed by atoms with Crippen LogP contribution in [0, 0.1) is 12.8 Å². The van der Waals surface area contributed by atoms with Crippen molar-refractivity contribution in [3.8, 4) is 0 Å². The lowest BCUT2D eigenvalue weighted by atomic mass is 9.87. The molecule has 2 heteroatoms. The van der Waals surface area contributed by atoms with E-state index in [-0.39, 0.29) is 0 Å². The predicted octanol–water partition coefficient (Wildman–Crippen LogP) is 3.53. The molecular weight excluding hydrogens is 208 g/mol. The Bertz CT molecular complexity index is 372. The van der Waals surface area contributed by atoms with E-state index in [0.29, 0.717) is 6.04 Å². The van der Waals surface area contributed by atoms with Crippen LogP contribution >= 0.6 is 0 Å². The minimum absolute atomic E-state index is 0.597.